The van der Waals surface area contributed by atoms with E-state index in [9.17, 15) is 9.59 Å². The summed E-state index contributed by atoms with van der Waals surface area (Å²) >= 11 is 2.62. The van der Waals surface area contributed by atoms with Crippen molar-refractivity contribution in [1.29, 1.82) is 0 Å². The Morgan fingerprint density at radius 3 is 2.40 bits per heavy atom. The van der Waals surface area contributed by atoms with Crippen LogP contribution in [0.5, 0.6) is 5.75 Å². The second kappa shape index (κ2) is 10.7. The van der Waals surface area contributed by atoms with Crippen molar-refractivity contribution in [3.05, 3.63) is 65.0 Å². The third kappa shape index (κ3) is 5.23. The van der Waals surface area contributed by atoms with Crippen molar-refractivity contribution in [3.8, 4) is 28.3 Å². The van der Waals surface area contributed by atoms with Gasteiger partial charge in [-0.25, -0.2) is 4.79 Å². The van der Waals surface area contributed by atoms with Crippen LogP contribution in [0, 0.1) is 6.92 Å². The average molecular weight is 509 g/mol. The molecule has 2 aromatic heterocycles. The number of hydrogen-bond donors (Lipinski definition) is 1. The summed E-state index contributed by atoms with van der Waals surface area (Å²) in [5.41, 5.74) is 2.91. The van der Waals surface area contributed by atoms with Gasteiger partial charge in [0.2, 0.25) is 5.91 Å². The number of nitrogens with one attached hydrogen (secondary N) is 1. The molecule has 0 aliphatic carbocycles. The number of hydrogen-bond acceptors (Lipinski definition) is 8. The third-order valence-corrected chi connectivity index (χ3v) is 7.35. The molecule has 0 atom stereocenters. The molecule has 10 heteroatoms. The van der Waals surface area contributed by atoms with E-state index >= 15 is 0 Å². The van der Waals surface area contributed by atoms with E-state index in [0.29, 0.717) is 21.5 Å². The molecule has 0 saturated heterocycles. The molecule has 0 saturated carbocycles. The van der Waals surface area contributed by atoms with Gasteiger partial charge in [-0.15, -0.1) is 21.5 Å². The fourth-order valence-corrected chi connectivity index (χ4v) is 5.40. The lowest BCUT2D eigenvalue weighted by molar-refractivity contribution is -0.113. The van der Waals surface area contributed by atoms with Crippen LogP contribution in [0.15, 0.2) is 59.8 Å². The summed E-state index contributed by atoms with van der Waals surface area (Å²) in [4.78, 5) is 26.4. The topological polar surface area (TPSA) is 95.3 Å². The van der Waals surface area contributed by atoms with E-state index in [-0.39, 0.29) is 11.7 Å². The van der Waals surface area contributed by atoms with Crippen LogP contribution < -0.4 is 10.1 Å². The maximum Gasteiger partial charge on any atom is 0.341 e. The van der Waals surface area contributed by atoms with Crippen LogP contribution in [0.25, 0.3) is 22.5 Å². The van der Waals surface area contributed by atoms with E-state index in [1.165, 1.54) is 30.2 Å². The van der Waals surface area contributed by atoms with Crippen LogP contribution in [0.4, 0.5) is 5.00 Å². The molecule has 35 heavy (non-hydrogen) atoms. The van der Waals surface area contributed by atoms with Crippen LogP contribution in [0.3, 0.4) is 0 Å². The van der Waals surface area contributed by atoms with E-state index in [2.05, 4.69) is 15.5 Å². The summed E-state index contributed by atoms with van der Waals surface area (Å²) in [6.07, 6.45) is 0. The summed E-state index contributed by atoms with van der Waals surface area (Å²) in [7, 11) is 4.80. The molecule has 0 aliphatic heterocycles. The third-order valence-electron chi connectivity index (χ3n) is 5.30. The second-order valence-corrected chi connectivity index (χ2v) is 9.69. The number of anilines is 1. The first kappa shape index (κ1) is 24.5. The highest BCUT2D eigenvalue weighted by Gasteiger charge is 2.25. The lowest BCUT2D eigenvalue weighted by Crippen LogP contribution is -2.16. The lowest BCUT2D eigenvalue weighted by atomic mass is 10.0. The van der Waals surface area contributed by atoms with Gasteiger partial charge in [0.25, 0.3) is 0 Å². The van der Waals surface area contributed by atoms with Crippen LogP contribution in [-0.2, 0) is 16.6 Å². The monoisotopic (exact) mass is 508 g/mol. The molecule has 2 aromatic carbocycles. The summed E-state index contributed by atoms with van der Waals surface area (Å²) in [6, 6.07) is 17.1. The van der Waals surface area contributed by atoms with Crippen molar-refractivity contribution in [1.82, 2.24) is 14.8 Å². The highest BCUT2D eigenvalue weighted by atomic mass is 32.2. The quantitative estimate of drug-likeness (QED) is 0.263. The SMILES string of the molecule is COC(=O)c1c(NC(=O)CSc2nnc(-c3ccc(OC)cc3)n2C)sc(C)c1-c1ccccc1. The van der Waals surface area contributed by atoms with Crippen LogP contribution in [-0.4, -0.2) is 46.6 Å². The molecule has 4 rings (SSSR count). The highest BCUT2D eigenvalue weighted by molar-refractivity contribution is 7.99. The highest BCUT2D eigenvalue weighted by Crippen LogP contribution is 2.40. The molecule has 8 nitrogen and oxygen atoms in total. The van der Waals surface area contributed by atoms with E-state index in [1.54, 1.807) is 7.11 Å². The van der Waals surface area contributed by atoms with Gasteiger partial charge in [0, 0.05) is 23.1 Å². The zero-order chi connectivity index (χ0) is 24.9. The molecule has 1 N–H and O–H groups in total. The Morgan fingerprint density at radius 2 is 1.74 bits per heavy atom. The molecule has 4 aromatic rings. The van der Waals surface area contributed by atoms with Crippen molar-refractivity contribution < 1.29 is 19.1 Å². The number of thioether (sulfide) groups is 1. The van der Waals surface area contributed by atoms with Crippen molar-refractivity contribution in [2.45, 2.75) is 12.1 Å². The van der Waals surface area contributed by atoms with E-state index in [4.69, 9.17) is 9.47 Å². The van der Waals surface area contributed by atoms with Crippen molar-refractivity contribution in [2.24, 2.45) is 7.05 Å². The number of rotatable bonds is 8. The van der Waals surface area contributed by atoms with Crippen molar-refractivity contribution in [3.63, 3.8) is 0 Å². The molecule has 0 aliphatic rings. The molecular weight excluding hydrogens is 484 g/mol. The number of methoxy groups -OCH3 is 2. The maximum atomic E-state index is 12.8. The predicted molar refractivity (Wildman–Crippen MR) is 138 cm³/mol. The minimum atomic E-state index is -0.492. The standard InChI is InChI=1S/C25H24N4O4S2/c1-15-20(16-8-6-5-7-9-16)21(24(31)33-4)23(35-15)26-19(30)14-34-25-28-27-22(29(25)2)17-10-12-18(32-3)13-11-17/h5-13H,14H2,1-4H3,(H,26,30). The zero-order valence-corrected chi connectivity index (χ0v) is 21.3. The average Bonchev–Trinajstić information content (AvgIpc) is 3.41. The molecular formula is C25H24N4O4S2. The Balaban J connectivity index is 1.50. The Kier molecular flexibility index (Phi) is 7.52. The van der Waals surface area contributed by atoms with Gasteiger partial charge < -0.3 is 19.4 Å². The van der Waals surface area contributed by atoms with E-state index < -0.39 is 5.97 Å². The summed E-state index contributed by atoms with van der Waals surface area (Å²) < 4.78 is 12.1. The number of aromatic nitrogens is 3. The Bertz CT molecular complexity index is 1350. The van der Waals surface area contributed by atoms with Crippen LogP contribution in [0.1, 0.15) is 15.2 Å². The molecule has 180 valence electrons. The van der Waals surface area contributed by atoms with Gasteiger partial charge >= 0.3 is 5.97 Å². The number of esters is 1. The van der Waals surface area contributed by atoms with Crippen LogP contribution >= 0.6 is 23.1 Å². The number of ether oxygens (including phenoxy) is 2. The first-order chi connectivity index (χ1) is 16.9. The summed E-state index contributed by atoms with van der Waals surface area (Å²) in [6.45, 7) is 1.92. The predicted octanol–water partition coefficient (Wildman–Crippen LogP) is 5.05. The molecule has 1 amide bonds. The minimum Gasteiger partial charge on any atom is -0.497 e. The van der Waals surface area contributed by atoms with Gasteiger partial charge in [-0.05, 0) is 36.8 Å². The second-order valence-electron chi connectivity index (χ2n) is 7.53. The first-order valence-electron chi connectivity index (χ1n) is 10.7. The van der Waals surface area contributed by atoms with E-state index in [1.807, 2.05) is 73.1 Å². The number of nitrogens with zero attached hydrogens (tertiary/aromatic N) is 3. The van der Waals surface area contributed by atoms with E-state index in [0.717, 1.165) is 27.3 Å². The Morgan fingerprint density at radius 1 is 1.03 bits per heavy atom. The Labute approximate surface area is 211 Å². The summed E-state index contributed by atoms with van der Waals surface area (Å²) in [5.74, 6) is 0.800. The largest absolute Gasteiger partial charge is 0.497 e. The molecule has 0 bridgehead atoms. The first-order valence-corrected chi connectivity index (χ1v) is 12.5. The smallest absolute Gasteiger partial charge is 0.341 e. The number of carbonyl (C=O) groups excluding carboxylic acids is 2. The molecule has 2 heterocycles. The fourth-order valence-electron chi connectivity index (χ4n) is 3.61. The van der Waals surface area contributed by atoms with Crippen molar-refractivity contribution >= 4 is 40.0 Å². The van der Waals surface area contributed by atoms with Crippen LogP contribution in [0.2, 0.25) is 0 Å². The number of carbonyl (C=O) groups is 2. The lowest BCUT2D eigenvalue weighted by Gasteiger charge is -2.08. The Hall–Kier alpha value is -3.63. The normalized spacial score (nSPS) is 10.7. The number of amides is 1. The molecule has 0 radical (unpaired) electrons. The van der Waals surface area contributed by atoms with Gasteiger partial charge in [0.05, 0.1) is 20.0 Å². The molecule has 0 fully saturated rings. The van der Waals surface area contributed by atoms with Gasteiger partial charge in [0.1, 0.15) is 16.3 Å². The number of thiophene rings is 1. The number of benzene rings is 2. The fraction of sp³-hybridized carbons (Fsp3) is 0.200. The molecule has 0 spiro atoms. The van der Waals surface area contributed by atoms with Crippen molar-refractivity contribution in [2.75, 3.05) is 25.3 Å². The minimum absolute atomic E-state index is 0.104. The number of aryl methyl sites for hydroxylation is 1. The van der Waals surface area contributed by atoms with Gasteiger partial charge in [-0.3, -0.25) is 4.79 Å². The van der Waals surface area contributed by atoms with Gasteiger partial charge in [0.15, 0.2) is 11.0 Å². The summed E-state index contributed by atoms with van der Waals surface area (Å²) in [5, 5.41) is 12.4. The van der Waals surface area contributed by atoms with Gasteiger partial charge in [-0.1, -0.05) is 42.1 Å². The maximum absolute atomic E-state index is 12.8. The zero-order valence-electron chi connectivity index (χ0n) is 19.7. The molecule has 0 unspecified atom stereocenters. The van der Waals surface area contributed by atoms with Gasteiger partial charge in [-0.2, -0.15) is 0 Å².